The lowest BCUT2D eigenvalue weighted by Crippen LogP contribution is -2.27. The molecule has 0 unspecified atom stereocenters. The summed E-state index contributed by atoms with van der Waals surface area (Å²) in [6.07, 6.45) is 0.628. The second kappa shape index (κ2) is 8.10. The number of fused-ring (bicyclic) bond motifs is 2. The average molecular weight is 415 g/mol. The maximum Gasteiger partial charge on any atom is 0.247 e. The first-order chi connectivity index (χ1) is 15.2. The number of nitrogens with one attached hydrogen (secondary N) is 1. The van der Waals surface area contributed by atoms with E-state index in [1.54, 1.807) is 6.07 Å². The van der Waals surface area contributed by atoms with Gasteiger partial charge in [-0.05, 0) is 41.5 Å². The van der Waals surface area contributed by atoms with E-state index in [0.29, 0.717) is 29.7 Å². The Morgan fingerprint density at radius 1 is 1.03 bits per heavy atom. The van der Waals surface area contributed by atoms with E-state index >= 15 is 0 Å². The molecule has 0 radical (unpaired) electrons. The lowest BCUT2D eigenvalue weighted by Gasteiger charge is -2.16. The Kier molecular flexibility index (Phi) is 5.00. The highest BCUT2D eigenvalue weighted by Gasteiger charge is 2.18. The highest BCUT2D eigenvalue weighted by molar-refractivity contribution is 5.86. The van der Waals surface area contributed by atoms with Gasteiger partial charge in [-0.1, -0.05) is 42.5 Å². The van der Waals surface area contributed by atoms with Gasteiger partial charge in [-0.15, -0.1) is 10.2 Å². The lowest BCUT2D eigenvalue weighted by molar-refractivity contribution is -0.121. The molecule has 0 saturated carbocycles. The van der Waals surface area contributed by atoms with Gasteiger partial charge >= 0.3 is 0 Å². The summed E-state index contributed by atoms with van der Waals surface area (Å²) < 4.78 is 16.4. The molecule has 7 nitrogen and oxygen atoms in total. The smallest absolute Gasteiger partial charge is 0.247 e. The van der Waals surface area contributed by atoms with Gasteiger partial charge in [-0.3, -0.25) is 4.79 Å². The molecule has 156 valence electrons. The minimum absolute atomic E-state index is 0.0664. The van der Waals surface area contributed by atoms with Gasteiger partial charge in [0.05, 0.1) is 6.04 Å². The van der Waals surface area contributed by atoms with Gasteiger partial charge in [0.25, 0.3) is 0 Å². The largest absolute Gasteiger partial charge is 0.454 e. The van der Waals surface area contributed by atoms with Gasteiger partial charge in [0, 0.05) is 18.4 Å². The summed E-state index contributed by atoms with van der Waals surface area (Å²) in [5.74, 6) is 2.08. The highest BCUT2D eigenvalue weighted by atomic mass is 16.7. The fourth-order valence-electron chi connectivity index (χ4n) is 3.74. The summed E-state index contributed by atoms with van der Waals surface area (Å²) in [7, 11) is 0. The average Bonchev–Trinajstić information content (AvgIpc) is 3.46. The number of carbonyl (C=O) groups excluding carboxylic acids is 1. The van der Waals surface area contributed by atoms with Gasteiger partial charge in [-0.25, -0.2) is 0 Å². The summed E-state index contributed by atoms with van der Waals surface area (Å²) >= 11 is 0. The van der Waals surface area contributed by atoms with E-state index in [9.17, 15) is 4.79 Å². The standard InChI is InChI=1S/C24H21N3O4/c1-15(18-8-4-6-16-5-2-3-7-19(16)18)25-22(28)11-12-23-26-27-24(31-23)17-9-10-20-21(13-17)30-14-29-20/h2-10,13,15H,11-12,14H2,1H3,(H,25,28)/t15-/m1/s1. The molecule has 5 rings (SSSR count). The fourth-order valence-corrected chi connectivity index (χ4v) is 3.74. The van der Waals surface area contributed by atoms with Crippen molar-refractivity contribution in [1.29, 1.82) is 0 Å². The van der Waals surface area contributed by atoms with Crippen LogP contribution in [-0.2, 0) is 11.2 Å². The molecule has 0 fully saturated rings. The zero-order valence-corrected chi connectivity index (χ0v) is 17.0. The molecule has 0 bridgehead atoms. The van der Waals surface area contributed by atoms with E-state index in [4.69, 9.17) is 13.9 Å². The Balaban J connectivity index is 1.21. The summed E-state index contributed by atoms with van der Waals surface area (Å²) in [5, 5.41) is 13.5. The normalized spacial score (nSPS) is 13.3. The zero-order valence-electron chi connectivity index (χ0n) is 17.0. The van der Waals surface area contributed by atoms with Crippen molar-refractivity contribution in [1.82, 2.24) is 15.5 Å². The number of aromatic nitrogens is 2. The summed E-state index contributed by atoms with van der Waals surface area (Å²) in [6.45, 7) is 2.20. The molecule has 1 atom stereocenters. The predicted octanol–water partition coefficient (Wildman–Crippen LogP) is 4.43. The molecule has 7 heteroatoms. The van der Waals surface area contributed by atoms with Crippen LogP contribution in [0.25, 0.3) is 22.2 Å². The number of hydrogen-bond donors (Lipinski definition) is 1. The summed E-state index contributed by atoms with van der Waals surface area (Å²) in [4.78, 5) is 12.5. The molecule has 0 spiro atoms. The molecule has 2 heterocycles. The summed E-state index contributed by atoms with van der Waals surface area (Å²) in [6, 6.07) is 19.6. The first-order valence-electron chi connectivity index (χ1n) is 10.2. The molecule has 1 amide bonds. The Labute approximate surface area is 179 Å². The van der Waals surface area contributed by atoms with E-state index in [0.717, 1.165) is 21.9 Å². The molecule has 1 aliphatic heterocycles. The van der Waals surface area contributed by atoms with Crippen LogP contribution in [0.1, 0.15) is 30.8 Å². The Bertz CT molecular complexity index is 1250. The van der Waals surface area contributed by atoms with Crippen molar-refractivity contribution in [2.24, 2.45) is 0 Å². The molecule has 31 heavy (non-hydrogen) atoms. The predicted molar refractivity (Wildman–Crippen MR) is 115 cm³/mol. The van der Waals surface area contributed by atoms with Crippen LogP contribution in [0.2, 0.25) is 0 Å². The minimum atomic E-state index is -0.106. The van der Waals surface area contributed by atoms with Gasteiger partial charge in [0.2, 0.25) is 24.5 Å². The topological polar surface area (TPSA) is 86.5 Å². The molecule has 1 aromatic heterocycles. The van der Waals surface area contributed by atoms with E-state index in [2.05, 4.69) is 33.7 Å². The van der Waals surface area contributed by atoms with Crippen molar-refractivity contribution in [2.75, 3.05) is 6.79 Å². The molecular formula is C24H21N3O4. The van der Waals surface area contributed by atoms with Crippen molar-refractivity contribution in [3.63, 3.8) is 0 Å². The molecule has 3 aromatic carbocycles. The monoisotopic (exact) mass is 415 g/mol. The first-order valence-corrected chi connectivity index (χ1v) is 10.2. The maximum atomic E-state index is 12.5. The van der Waals surface area contributed by atoms with Crippen LogP contribution in [0.5, 0.6) is 11.5 Å². The van der Waals surface area contributed by atoms with Gasteiger partial charge in [0.1, 0.15) is 0 Å². The van der Waals surface area contributed by atoms with Gasteiger partial charge < -0.3 is 19.2 Å². The van der Waals surface area contributed by atoms with Gasteiger partial charge in [0.15, 0.2) is 11.5 Å². The third-order valence-corrected chi connectivity index (χ3v) is 5.32. The number of carbonyl (C=O) groups is 1. The van der Waals surface area contributed by atoms with Crippen LogP contribution in [0.3, 0.4) is 0 Å². The Morgan fingerprint density at radius 2 is 1.87 bits per heavy atom. The number of hydrogen-bond acceptors (Lipinski definition) is 6. The fraction of sp³-hybridized carbons (Fsp3) is 0.208. The van der Waals surface area contributed by atoms with Crippen molar-refractivity contribution in [2.45, 2.75) is 25.8 Å². The van der Waals surface area contributed by atoms with Crippen LogP contribution < -0.4 is 14.8 Å². The lowest BCUT2D eigenvalue weighted by atomic mass is 9.99. The molecule has 4 aromatic rings. The minimum Gasteiger partial charge on any atom is -0.454 e. The van der Waals surface area contributed by atoms with E-state index in [-0.39, 0.29) is 25.2 Å². The molecular weight excluding hydrogens is 394 g/mol. The van der Waals surface area contributed by atoms with Crippen molar-refractivity contribution >= 4 is 16.7 Å². The van der Waals surface area contributed by atoms with Gasteiger partial charge in [-0.2, -0.15) is 0 Å². The van der Waals surface area contributed by atoms with Crippen molar-refractivity contribution < 1.29 is 18.7 Å². The van der Waals surface area contributed by atoms with E-state index in [1.807, 2.05) is 43.3 Å². The highest BCUT2D eigenvalue weighted by Crippen LogP contribution is 2.35. The van der Waals surface area contributed by atoms with Crippen LogP contribution in [0.15, 0.2) is 65.1 Å². The van der Waals surface area contributed by atoms with Crippen molar-refractivity contribution in [3.05, 3.63) is 72.1 Å². The number of ether oxygens (including phenoxy) is 2. The molecule has 0 aliphatic carbocycles. The number of aryl methyl sites for hydroxylation is 1. The van der Waals surface area contributed by atoms with Crippen LogP contribution in [-0.4, -0.2) is 22.9 Å². The third kappa shape index (κ3) is 3.94. The van der Waals surface area contributed by atoms with Crippen molar-refractivity contribution in [3.8, 4) is 23.0 Å². The number of nitrogens with zero attached hydrogens (tertiary/aromatic N) is 2. The Hall–Kier alpha value is -3.87. The molecule has 1 N–H and O–H groups in total. The van der Waals surface area contributed by atoms with Crippen LogP contribution in [0, 0.1) is 0 Å². The first kappa shape index (κ1) is 19.1. The van der Waals surface area contributed by atoms with E-state index in [1.165, 1.54) is 0 Å². The van der Waals surface area contributed by atoms with Crippen LogP contribution in [0.4, 0.5) is 0 Å². The second-order valence-corrected chi connectivity index (χ2v) is 7.43. The Morgan fingerprint density at radius 3 is 2.81 bits per heavy atom. The van der Waals surface area contributed by atoms with E-state index < -0.39 is 0 Å². The molecule has 0 saturated heterocycles. The second-order valence-electron chi connectivity index (χ2n) is 7.43. The quantitative estimate of drug-likeness (QED) is 0.501. The number of benzene rings is 3. The van der Waals surface area contributed by atoms with Crippen LogP contribution >= 0.6 is 0 Å². The SMILES string of the molecule is C[C@@H](NC(=O)CCc1nnc(-c2ccc3c(c2)OCO3)o1)c1cccc2ccccc12. The summed E-state index contributed by atoms with van der Waals surface area (Å²) in [5.41, 5.74) is 1.84. The number of amides is 1. The maximum absolute atomic E-state index is 12.5. The third-order valence-electron chi connectivity index (χ3n) is 5.32. The zero-order chi connectivity index (χ0) is 21.2. The number of rotatable bonds is 6. The molecule has 1 aliphatic rings.